The van der Waals surface area contributed by atoms with Crippen LogP contribution in [-0.2, 0) is 0 Å². The van der Waals surface area contributed by atoms with E-state index in [9.17, 15) is 4.79 Å². The lowest BCUT2D eigenvalue weighted by atomic mass is 10.2. The quantitative estimate of drug-likeness (QED) is 0.470. The number of carbonyl (C=O) groups is 1. The molecule has 7 heteroatoms. The van der Waals surface area contributed by atoms with E-state index in [1.54, 1.807) is 0 Å². The van der Waals surface area contributed by atoms with E-state index in [0.717, 1.165) is 21.6 Å². The van der Waals surface area contributed by atoms with Crippen molar-refractivity contribution in [2.75, 3.05) is 30.3 Å². The summed E-state index contributed by atoms with van der Waals surface area (Å²) in [5.41, 5.74) is 1.55. The number of carbonyl (C=O) groups excluding carboxylic acids is 1. The lowest BCUT2D eigenvalue weighted by Gasteiger charge is -2.10. The second kappa shape index (κ2) is 8.66. The molecular formula is C16H20IN5O. The molecule has 0 fully saturated rings. The van der Waals surface area contributed by atoms with E-state index in [0.29, 0.717) is 24.6 Å². The number of nitrogens with one attached hydrogen (secondary N) is 3. The number of hydrogen-bond donors (Lipinski definition) is 3. The minimum Gasteiger partial charge on any atom is -0.368 e. The zero-order valence-electron chi connectivity index (χ0n) is 13.2. The molecule has 2 rings (SSSR count). The van der Waals surface area contributed by atoms with Crippen molar-refractivity contribution in [2.45, 2.75) is 13.8 Å². The fourth-order valence-electron chi connectivity index (χ4n) is 1.97. The summed E-state index contributed by atoms with van der Waals surface area (Å²) in [6, 6.07) is 9.35. The van der Waals surface area contributed by atoms with Crippen molar-refractivity contribution in [3.8, 4) is 0 Å². The van der Waals surface area contributed by atoms with E-state index in [1.807, 2.05) is 44.2 Å². The zero-order valence-corrected chi connectivity index (χ0v) is 15.3. The van der Waals surface area contributed by atoms with Gasteiger partial charge in [0, 0.05) is 40.5 Å². The van der Waals surface area contributed by atoms with E-state index in [-0.39, 0.29) is 5.91 Å². The second-order valence-corrected chi connectivity index (χ2v) is 6.18. The summed E-state index contributed by atoms with van der Waals surface area (Å²) in [7, 11) is 0. The molecule has 0 saturated carbocycles. The molecule has 3 N–H and O–H groups in total. The van der Waals surface area contributed by atoms with Gasteiger partial charge < -0.3 is 16.0 Å². The Hall–Kier alpha value is -1.90. The van der Waals surface area contributed by atoms with E-state index in [4.69, 9.17) is 0 Å². The highest BCUT2D eigenvalue weighted by Gasteiger charge is 2.05. The minimum atomic E-state index is -0.0737. The maximum atomic E-state index is 12.0. The van der Waals surface area contributed by atoms with Crippen molar-refractivity contribution in [1.29, 1.82) is 0 Å². The summed E-state index contributed by atoms with van der Waals surface area (Å²) in [5.74, 6) is 1.28. The maximum Gasteiger partial charge on any atom is 0.251 e. The third-order valence-corrected chi connectivity index (χ3v) is 3.73. The van der Waals surface area contributed by atoms with Crippen LogP contribution in [0.1, 0.15) is 23.0 Å². The van der Waals surface area contributed by atoms with Gasteiger partial charge >= 0.3 is 0 Å². The van der Waals surface area contributed by atoms with Crippen LogP contribution in [0.5, 0.6) is 0 Å². The molecule has 23 heavy (non-hydrogen) atoms. The monoisotopic (exact) mass is 425 g/mol. The summed E-state index contributed by atoms with van der Waals surface area (Å²) < 4.78 is 1.11. The molecule has 0 unspecified atom stereocenters. The van der Waals surface area contributed by atoms with Crippen LogP contribution in [0, 0.1) is 10.5 Å². The van der Waals surface area contributed by atoms with E-state index in [1.165, 1.54) is 0 Å². The number of anilines is 2. The normalized spacial score (nSPS) is 10.2. The fourth-order valence-corrected chi connectivity index (χ4v) is 2.33. The number of benzene rings is 1. The first-order chi connectivity index (χ1) is 11.1. The number of rotatable bonds is 7. The van der Waals surface area contributed by atoms with Crippen LogP contribution in [0.25, 0.3) is 0 Å². The summed E-state index contributed by atoms with van der Waals surface area (Å²) in [5, 5.41) is 9.16. The van der Waals surface area contributed by atoms with Crippen LogP contribution in [-0.4, -0.2) is 35.5 Å². The molecule has 1 aromatic carbocycles. The van der Waals surface area contributed by atoms with E-state index < -0.39 is 0 Å². The fraction of sp³-hybridized carbons (Fsp3) is 0.312. The molecular weight excluding hydrogens is 405 g/mol. The molecule has 1 amide bonds. The van der Waals surface area contributed by atoms with Gasteiger partial charge in [0.05, 0.1) is 0 Å². The number of nitrogens with zero attached hydrogens (tertiary/aromatic N) is 2. The molecule has 0 aliphatic heterocycles. The van der Waals surface area contributed by atoms with Crippen LogP contribution >= 0.6 is 22.6 Å². The summed E-state index contributed by atoms with van der Waals surface area (Å²) in [6.45, 7) is 5.81. The van der Waals surface area contributed by atoms with E-state index in [2.05, 4.69) is 48.5 Å². The van der Waals surface area contributed by atoms with Gasteiger partial charge in [-0.15, -0.1) is 0 Å². The number of aryl methyl sites for hydroxylation is 1. The molecule has 0 aliphatic rings. The predicted octanol–water partition coefficient (Wildman–Crippen LogP) is 2.66. The molecule has 6 nitrogen and oxygen atoms in total. The van der Waals surface area contributed by atoms with Crippen molar-refractivity contribution >= 4 is 40.3 Å². The van der Waals surface area contributed by atoms with Gasteiger partial charge in [-0.2, -0.15) is 4.98 Å². The maximum absolute atomic E-state index is 12.0. The summed E-state index contributed by atoms with van der Waals surface area (Å²) in [6.07, 6.45) is 0. The Bertz CT molecular complexity index is 660. The Morgan fingerprint density at radius 1 is 1.13 bits per heavy atom. The minimum absolute atomic E-state index is 0.0737. The van der Waals surface area contributed by atoms with Crippen molar-refractivity contribution in [3.63, 3.8) is 0 Å². The Kier molecular flexibility index (Phi) is 6.57. The van der Waals surface area contributed by atoms with Gasteiger partial charge in [0.15, 0.2) is 0 Å². The lowest BCUT2D eigenvalue weighted by Crippen LogP contribution is -2.28. The van der Waals surface area contributed by atoms with Crippen molar-refractivity contribution < 1.29 is 4.79 Å². The van der Waals surface area contributed by atoms with Crippen molar-refractivity contribution in [2.24, 2.45) is 0 Å². The van der Waals surface area contributed by atoms with Crippen LogP contribution in [0.3, 0.4) is 0 Å². The summed E-state index contributed by atoms with van der Waals surface area (Å²) >= 11 is 2.21. The van der Waals surface area contributed by atoms with Gasteiger partial charge in [-0.05, 0) is 60.7 Å². The SMILES string of the molecule is CCNc1nc(C)cc(NCCNC(=O)c2ccc(I)cc2)n1. The molecule has 0 aliphatic carbocycles. The van der Waals surface area contributed by atoms with Gasteiger partial charge in [-0.1, -0.05) is 0 Å². The van der Waals surface area contributed by atoms with Crippen LogP contribution in [0.15, 0.2) is 30.3 Å². The molecule has 0 radical (unpaired) electrons. The van der Waals surface area contributed by atoms with Gasteiger partial charge in [-0.3, -0.25) is 4.79 Å². The first-order valence-corrected chi connectivity index (χ1v) is 8.53. The molecule has 122 valence electrons. The molecule has 1 aromatic heterocycles. The Balaban J connectivity index is 1.81. The standard InChI is InChI=1S/C16H20IN5O/c1-3-18-16-21-11(2)10-14(22-16)19-8-9-20-15(23)12-4-6-13(17)7-5-12/h4-7,10H,3,8-9H2,1-2H3,(H,20,23)(H2,18,19,21,22). The molecule has 0 saturated heterocycles. The van der Waals surface area contributed by atoms with Gasteiger partial charge in [-0.25, -0.2) is 4.98 Å². The van der Waals surface area contributed by atoms with E-state index >= 15 is 0 Å². The zero-order chi connectivity index (χ0) is 16.7. The number of aromatic nitrogens is 2. The molecule has 0 spiro atoms. The van der Waals surface area contributed by atoms with Crippen LogP contribution < -0.4 is 16.0 Å². The summed E-state index contributed by atoms with van der Waals surface area (Å²) in [4.78, 5) is 20.6. The first kappa shape index (κ1) is 17.5. The second-order valence-electron chi connectivity index (χ2n) is 4.94. The van der Waals surface area contributed by atoms with Crippen molar-refractivity contribution in [3.05, 3.63) is 45.2 Å². The topological polar surface area (TPSA) is 78.9 Å². The Labute approximate surface area is 149 Å². The largest absolute Gasteiger partial charge is 0.368 e. The van der Waals surface area contributed by atoms with Gasteiger partial charge in [0.1, 0.15) is 5.82 Å². The number of amides is 1. The smallest absolute Gasteiger partial charge is 0.251 e. The number of hydrogen-bond acceptors (Lipinski definition) is 5. The average Bonchev–Trinajstić information content (AvgIpc) is 2.52. The molecule has 1 heterocycles. The van der Waals surface area contributed by atoms with Crippen LogP contribution in [0.2, 0.25) is 0 Å². The highest BCUT2D eigenvalue weighted by atomic mass is 127. The highest BCUT2D eigenvalue weighted by molar-refractivity contribution is 14.1. The van der Waals surface area contributed by atoms with Crippen molar-refractivity contribution in [1.82, 2.24) is 15.3 Å². The third-order valence-electron chi connectivity index (χ3n) is 3.01. The number of halogens is 1. The Morgan fingerprint density at radius 3 is 2.57 bits per heavy atom. The van der Waals surface area contributed by atoms with Gasteiger partial charge in [0.2, 0.25) is 5.95 Å². The third kappa shape index (κ3) is 5.66. The predicted molar refractivity (Wildman–Crippen MR) is 101 cm³/mol. The average molecular weight is 425 g/mol. The first-order valence-electron chi connectivity index (χ1n) is 7.45. The lowest BCUT2D eigenvalue weighted by molar-refractivity contribution is 0.0955. The van der Waals surface area contributed by atoms with Crippen LogP contribution in [0.4, 0.5) is 11.8 Å². The highest BCUT2D eigenvalue weighted by Crippen LogP contribution is 2.09. The Morgan fingerprint density at radius 2 is 1.87 bits per heavy atom. The molecule has 2 aromatic rings. The molecule has 0 bridgehead atoms. The van der Waals surface area contributed by atoms with Gasteiger partial charge in [0.25, 0.3) is 5.91 Å². The molecule has 0 atom stereocenters.